The number of anilines is 1. The van der Waals surface area contributed by atoms with Crippen molar-refractivity contribution >= 4 is 11.7 Å². The summed E-state index contributed by atoms with van der Waals surface area (Å²) in [6.45, 7) is 0. The maximum absolute atomic E-state index is 12.1. The monoisotopic (exact) mass is 300 g/mol. The molecule has 2 saturated carbocycles. The second kappa shape index (κ2) is 5.59. The van der Waals surface area contributed by atoms with Gasteiger partial charge in [-0.2, -0.15) is 5.10 Å². The molecule has 22 heavy (non-hydrogen) atoms. The number of carbonyl (C=O) groups excluding carboxylic acids is 1. The summed E-state index contributed by atoms with van der Waals surface area (Å²) >= 11 is 0. The van der Waals surface area contributed by atoms with E-state index in [0.29, 0.717) is 23.4 Å². The number of rotatable bonds is 5. The Morgan fingerprint density at radius 2 is 2.05 bits per heavy atom. The molecule has 2 aliphatic rings. The molecule has 0 atom stereocenters. The van der Waals surface area contributed by atoms with Crippen molar-refractivity contribution in [3.8, 4) is 0 Å². The molecule has 0 aliphatic heterocycles. The molecule has 116 valence electrons. The molecule has 1 amide bonds. The highest BCUT2D eigenvalue weighted by atomic mass is 16.5. The quantitative estimate of drug-likeness (QED) is 0.888. The lowest BCUT2D eigenvalue weighted by Gasteiger charge is -2.03. The van der Waals surface area contributed by atoms with Crippen LogP contribution < -0.4 is 5.32 Å². The molecule has 2 heterocycles. The summed E-state index contributed by atoms with van der Waals surface area (Å²) in [6.07, 6.45) is 7.52. The van der Waals surface area contributed by atoms with Crippen LogP contribution >= 0.6 is 0 Å². The van der Waals surface area contributed by atoms with E-state index in [-0.39, 0.29) is 12.3 Å². The Bertz CT molecular complexity index is 665. The van der Waals surface area contributed by atoms with Crippen molar-refractivity contribution in [1.82, 2.24) is 15.4 Å². The lowest BCUT2D eigenvalue weighted by Crippen LogP contribution is -2.14. The van der Waals surface area contributed by atoms with Gasteiger partial charge in [-0.05, 0) is 25.7 Å². The van der Waals surface area contributed by atoms with Gasteiger partial charge in [0.1, 0.15) is 5.76 Å². The molecule has 2 aliphatic carbocycles. The van der Waals surface area contributed by atoms with Crippen LogP contribution in [0.2, 0.25) is 0 Å². The van der Waals surface area contributed by atoms with Crippen molar-refractivity contribution < 1.29 is 9.32 Å². The fraction of sp³-hybridized carbons (Fsp3) is 0.562. The molecule has 6 heteroatoms. The third kappa shape index (κ3) is 2.91. The maximum Gasteiger partial charge on any atom is 0.233 e. The SMILES string of the molecule is O=C(Cc1cc(C2CC2)no1)Nc1cc(C2CCCC2)[nH]n1. The highest BCUT2D eigenvalue weighted by molar-refractivity contribution is 5.91. The minimum absolute atomic E-state index is 0.122. The first-order valence-electron chi connectivity index (χ1n) is 8.08. The zero-order valence-corrected chi connectivity index (χ0v) is 12.5. The summed E-state index contributed by atoms with van der Waals surface area (Å²) < 4.78 is 5.22. The number of H-pyrrole nitrogens is 1. The van der Waals surface area contributed by atoms with Crippen molar-refractivity contribution in [2.24, 2.45) is 0 Å². The van der Waals surface area contributed by atoms with Crippen LogP contribution in [-0.2, 0) is 11.2 Å². The largest absolute Gasteiger partial charge is 0.361 e. The fourth-order valence-corrected chi connectivity index (χ4v) is 3.18. The van der Waals surface area contributed by atoms with Gasteiger partial charge in [0, 0.05) is 29.7 Å². The van der Waals surface area contributed by atoms with Crippen molar-refractivity contribution in [1.29, 1.82) is 0 Å². The molecule has 0 aromatic carbocycles. The molecule has 0 radical (unpaired) electrons. The molecule has 2 aromatic heterocycles. The smallest absolute Gasteiger partial charge is 0.233 e. The molecule has 2 aromatic rings. The zero-order chi connectivity index (χ0) is 14.9. The molecule has 2 fully saturated rings. The van der Waals surface area contributed by atoms with Gasteiger partial charge >= 0.3 is 0 Å². The van der Waals surface area contributed by atoms with Gasteiger partial charge < -0.3 is 9.84 Å². The van der Waals surface area contributed by atoms with E-state index in [1.54, 1.807) is 0 Å². The second-order valence-electron chi connectivity index (χ2n) is 6.41. The number of hydrogen-bond donors (Lipinski definition) is 2. The topological polar surface area (TPSA) is 83.8 Å². The van der Waals surface area contributed by atoms with Crippen molar-refractivity contribution in [3.63, 3.8) is 0 Å². The molecule has 4 rings (SSSR count). The van der Waals surface area contributed by atoms with Crippen LogP contribution in [0.5, 0.6) is 0 Å². The highest BCUT2D eigenvalue weighted by Gasteiger charge is 2.27. The van der Waals surface area contributed by atoms with E-state index in [2.05, 4.69) is 20.7 Å². The van der Waals surface area contributed by atoms with Crippen molar-refractivity contribution in [2.75, 3.05) is 5.32 Å². The first-order chi connectivity index (χ1) is 10.8. The van der Waals surface area contributed by atoms with Gasteiger partial charge in [0.15, 0.2) is 5.82 Å². The predicted molar refractivity (Wildman–Crippen MR) is 80.6 cm³/mol. The van der Waals surface area contributed by atoms with Crippen LogP contribution in [-0.4, -0.2) is 21.3 Å². The Kier molecular flexibility index (Phi) is 3.44. The van der Waals surface area contributed by atoms with Gasteiger partial charge in [-0.25, -0.2) is 0 Å². The van der Waals surface area contributed by atoms with E-state index < -0.39 is 0 Å². The first kappa shape index (κ1) is 13.5. The molecule has 0 spiro atoms. The number of nitrogens with zero attached hydrogens (tertiary/aromatic N) is 2. The van der Waals surface area contributed by atoms with E-state index in [1.165, 1.54) is 38.5 Å². The van der Waals surface area contributed by atoms with Gasteiger partial charge in [0.05, 0.1) is 12.1 Å². The Morgan fingerprint density at radius 1 is 1.23 bits per heavy atom. The third-order valence-electron chi connectivity index (χ3n) is 4.57. The molecular formula is C16H20N4O2. The minimum atomic E-state index is -0.122. The number of nitrogens with one attached hydrogen (secondary N) is 2. The highest BCUT2D eigenvalue weighted by Crippen LogP contribution is 2.39. The molecule has 0 unspecified atom stereocenters. The molecule has 6 nitrogen and oxygen atoms in total. The summed E-state index contributed by atoms with van der Waals surface area (Å²) in [5, 5.41) is 14.1. The summed E-state index contributed by atoms with van der Waals surface area (Å²) in [5.41, 5.74) is 2.11. The van der Waals surface area contributed by atoms with E-state index in [4.69, 9.17) is 4.52 Å². The van der Waals surface area contributed by atoms with Crippen molar-refractivity contribution in [3.05, 3.63) is 29.3 Å². The Hall–Kier alpha value is -2.11. The second-order valence-corrected chi connectivity index (χ2v) is 6.41. The van der Waals surface area contributed by atoms with Gasteiger partial charge in [-0.15, -0.1) is 0 Å². The zero-order valence-electron chi connectivity index (χ0n) is 12.5. The van der Waals surface area contributed by atoms with Crippen LogP contribution in [0.1, 0.15) is 67.5 Å². The lowest BCUT2D eigenvalue weighted by atomic mass is 10.0. The van der Waals surface area contributed by atoms with Crippen LogP contribution in [0.15, 0.2) is 16.7 Å². The van der Waals surface area contributed by atoms with Gasteiger partial charge in [-0.3, -0.25) is 9.89 Å². The number of carbonyl (C=O) groups is 1. The average molecular weight is 300 g/mol. The summed E-state index contributed by atoms with van der Waals surface area (Å²) in [4.78, 5) is 12.1. The number of hydrogen-bond acceptors (Lipinski definition) is 4. The molecule has 0 bridgehead atoms. The van der Waals surface area contributed by atoms with Crippen LogP contribution in [0.3, 0.4) is 0 Å². The van der Waals surface area contributed by atoms with E-state index in [9.17, 15) is 4.79 Å². The number of aromatic nitrogens is 3. The molecular weight excluding hydrogens is 280 g/mol. The maximum atomic E-state index is 12.1. The van der Waals surface area contributed by atoms with Crippen LogP contribution in [0, 0.1) is 0 Å². The lowest BCUT2D eigenvalue weighted by molar-refractivity contribution is -0.115. The number of aromatic amines is 1. The molecule has 0 saturated heterocycles. The average Bonchev–Trinajstić information content (AvgIpc) is 2.95. The Balaban J connectivity index is 1.34. The van der Waals surface area contributed by atoms with Crippen LogP contribution in [0.25, 0.3) is 0 Å². The summed E-state index contributed by atoms with van der Waals surface area (Å²) in [6, 6.07) is 3.84. The third-order valence-corrected chi connectivity index (χ3v) is 4.57. The van der Waals surface area contributed by atoms with Gasteiger partial charge in [0.2, 0.25) is 5.91 Å². The van der Waals surface area contributed by atoms with Crippen LogP contribution in [0.4, 0.5) is 5.82 Å². The van der Waals surface area contributed by atoms with E-state index >= 15 is 0 Å². The van der Waals surface area contributed by atoms with Gasteiger partial charge in [0.25, 0.3) is 0 Å². The standard InChI is InChI=1S/C16H20N4O2/c21-16(8-12-7-14(20-22-12)11-5-6-11)17-15-9-13(18-19-15)10-3-1-2-4-10/h7,9-11H,1-6,8H2,(H2,17,18,19,21). The first-order valence-corrected chi connectivity index (χ1v) is 8.08. The fourth-order valence-electron chi connectivity index (χ4n) is 3.18. The number of amides is 1. The Morgan fingerprint density at radius 3 is 2.82 bits per heavy atom. The Labute approximate surface area is 128 Å². The summed E-state index contributed by atoms with van der Waals surface area (Å²) in [7, 11) is 0. The predicted octanol–water partition coefficient (Wildman–Crippen LogP) is 3.11. The van der Waals surface area contributed by atoms with Crippen molar-refractivity contribution in [2.45, 2.75) is 56.8 Å². The van der Waals surface area contributed by atoms with E-state index in [0.717, 1.165) is 11.4 Å². The van der Waals surface area contributed by atoms with E-state index in [1.807, 2.05) is 12.1 Å². The summed E-state index contributed by atoms with van der Waals surface area (Å²) in [5.74, 6) is 2.19. The normalized spacial score (nSPS) is 18.7. The minimum Gasteiger partial charge on any atom is -0.361 e. The van der Waals surface area contributed by atoms with Gasteiger partial charge in [-0.1, -0.05) is 18.0 Å². The molecule has 2 N–H and O–H groups in total.